The van der Waals surface area contributed by atoms with E-state index in [1.54, 1.807) is 17.0 Å². The number of hydrogen-bond acceptors (Lipinski definition) is 6. The van der Waals surface area contributed by atoms with E-state index >= 15 is 0 Å². The van der Waals surface area contributed by atoms with Crippen molar-refractivity contribution in [3.8, 4) is 0 Å². The number of amides is 1. The molecule has 0 unspecified atom stereocenters. The number of carbonyl (C=O) groups excluding carboxylic acids is 1. The van der Waals surface area contributed by atoms with E-state index in [1.165, 1.54) is 17.2 Å². The summed E-state index contributed by atoms with van der Waals surface area (Å²) in [7, 11) is 0. The van der Waals surface area contributed by atoms with E-state index in [1.807, 2.05) is 51.1 Å². The van der Waals surface area contributed by atoms with Crippen LogP contribution < -0.4 is 0 Å². The first kappa shape index (κ1) is 34.8. The van der Waals surface area contributed by atoms with Gasteiger partial charge in [-0.3, -0.25) is 14.8 Å². The van der Waals surface area contributed by atoms with Crippen LogP contribution in [0.4, 0.5) is 9.18 Å². The van der Waals surface area contributed by atoms with Gasteiger partial charge < -0.3 is 14.7 Å². The second-order valence-electron chi connectivity index (χ2n) is 12.6. The van der Waals surface area contributed by atoms with Crippen molar-refractivity contribution in [1.29, 1.82) is 0 Å². The molecule has 0 aliphatic carbocycles. The molecule has 8 heteroatoms. The van der Waals surface area contributed by atoms with E-state index < -0.39 is 11.7 Å². The van der Waals surface area contributed by atoms with Gasteiger partial charge in [0.15, 0.2) is 0 Å². The van der Waals surface area contributed by atoms with Gasteiger partial charge in [0.2, 0.25) is 0 Å². The third kappa shape index (κ3) is 12.4. The van der Waals surface area contributed by atoms with Gasteiger partial charge in [0.1, 0.15) is 11.4 Å². The minimum absolute atomic E-state index is 0.0193. The summed E-state index contributed by atoms with van der Waals surface area (Å²) in [5.41, 5.74) is 4.56. The van der Waals surface area contributed by atoms with Crippen LogP contribution in [0.25, 0.3) is 0 Å². The summed E-state index contributed by atoms with van der Waals surface area (Å²) in [6.45, 7) is 10.1. The second-order valence-corrected chi connectivity index (χ2v) is 12.6. The molecule has 4 rings (SSSR count). The topological polar surface area (TPSA) is 69.1 Å². The van der Waals surface area contributed by atoms with Gasteiger partial charge in [-0.05, 0) is 68.1 Å². The third-order valence-corrected chi connectivity index (χ3v) is 7.35. The monoisotopic (exact) mass is 626 g/mol. The Bertz CT molecular complexity index is 1440. The molecule has 1 aromatic heterocycles. The highest BCUT2D eigenvalue weighted by Crippen LogP contribution is 2.16. The van der Waals surface area contributed by atoms with Crippen molar-refractivity contribution < 1.29 is 19.0 Å². The quantitative estimate of drug-likeness (QED) is 0.144. The number of hydrogen-bond donors (Lipinski definition) is 1. The Morgan fingerprint density at radius 2 is 1.24 bits per heavy atom. The first-order valence-corrected chi connectivity index (χ1v) is 16.0. The molecule has 0 aliphatic heterocycles. The molecule has 0 spiro atoms. The summed E-state index contributed by atoms with van der Waals surface area (Å²) < 4.78 is 19.8. The second kappa shape index (κ2) is 17.5. The Morgan fingerprint density at radius 1 is 0.696 bits per heavy atom. The van der Waals surface area contributed by atoms with E-state index in [0.29, 0.717) is 45.7 Å². The molecule has 244 valence electrons. The Kier molecular flexibility index (Phi) is 13.3. The summed E-state index contributed by atoms with van der Waals surface area (Å²) in [5, 5.41) is 9.44. The van der Waals surface area contributed by atoms with Crippen molar-refractivity contribution in [2.24, 2.45) is 0 Å². The summed E-state index contributed by atoms with van der Waals surface area (Å²) in [5.74, 6) is -0.284. The lowest BCUT2D eigenvalue weighted by molar-refractivity contribution is 0.0219. The number of aliphatic hydroxyl groups is 1. The maximum atomic E-state index is 14.1. The van der Waals surface area contributed by atoms with Crippen molar-refractivity contribution in [2.75, 3.05) is 26.2 Å². The minimum atomic E-state index is -0.630. The molecule has 1 amide bonds. The Labute approximate surface area is 273 Å². The highest BCUT2D eigenvalue weighted by molar-refractivity contribution is 5.68. The van der Waals surface area contributed by atoms with Crippen LogP contribution in [-0.4, -0.2) is 62.7 Å². The largest absolute Gasteiger partial charge is 0.444 e. The van der Waals surface area contributed by atoms with Gasteiger partial charge in [0.25, 0.3) is 0 Å². The van der Waals surface area contributed by atoms with Gasteiger partial charge in [-0.1, -0.05) is 78.9 Å². The molecule has 0 bridgehead atoms. The first-order chi connectivity index (χ1) is 22.2. The van der Waals surface area contributed by atoms with Crippen molar-refractivity contribution in [1.82, 2.24) is 19.7 Å². The summed E-state index contributed by atoms with van der Waals surface area (Å²) in [6, 6.07) is 33.6. The van der Waals surface area contributed by atoms with Crippen LogP contribution >= 0.6 is 0 Å². The average Bonchev–Trinajstić information content (AvgIpc) is 3.01. The summed E-state index contributed by atoms with van der Waals surface area (Å²) in [4.78, 5) is 24.2. The van der Waals surface area contributed by atoms with Crippen molar-refractivity contribution in [3.05, 3.63) is 137 Å². The molecule has 3 aromatic carbocycles. The minimum Gasteiger partial charge on any atom is -0.444 e. The van der Waals surface area contributed by atoms with Crippen LogP contribution in [0.1, 0.15) is 55.3 Å². The zero-order chi connectivity index (χ0) is 32.8. The lowest BCUT2D eigenvalue weighted by atomic mass is 10.1. The first-order valence-electron chi connectivity index (χ1n) is 16.0. The fourth-order valence-corrected chi connectivity index (χ4v) is 5.27. The van der Waals surface area contributed by atoms with E-state index in [9.17, 15) is 14.3 Å². The number of aliphatic hydroxyl groups excluding tert-OH is 1. The molecule has 0 aliphatic rings. The van der Waals surface area contributed by atoms with Crippen LogP contribution in [-0.2, 0) is 37.5 Å². The Morgan fingerprint density at radius 3 is 1.80 bits per heavy atom. The van der Waals surface area contributed by atoms with E-state index in [4.69, 9.17) is 9.72 Å². The molecular formula is C38H47FN4O3. The fourth-order valence-electron chi connectivity index (χ4n) is 5.27. The van der Waals surface area contributed by atoms with E-state index in [2.05, 4.69) is 64.4 Å². The van der Waals surface area contributed by atoms with Gasteiger partial charge in [-0.25, -0.2) is 9.18 Å². The summed E-state index contributed by atoms with van der Waals surface area (Å²) >= 11 is 0. The number of halogens is 1. The summed E-state index contributed by atoms with van der Waals surface area (Å²) in [6.07, 6.45) is 0.0403. The van der Waals surface area contributed by atoms with Crippen molar-refractivity contribution >= 4 is 6.09 Å². The van der Waals surface area contributed by atoms with Crippen LogP contribution in [0.3, 0.4) is 0 Å². The Hall–Kier alpha value is -4.11. The molecule has 0 saturated heterocycles. The van der Waals surface area contributed by atoms with Gasteiger partial charge in [0, 0.05) is 59.0 Å². The molecule has 46 heavy (non-hydrogen) atoms. The number of rotatable bonds is 16. The number of benzene rings is 3. The van der Waals surface area contributed by atoms with Crippen LogP contribution in [0.15, 0.2) is 103 Å². The molecule has 1 heterocycles. The van der Waals surface area contributed by atoms with Gasteiger partial charge in [-0.2, -0.15) is 0 Å². The standard InChI is InChI=1S/C38H47FN4O3/c1-38(2,3)46-37(45)43(21-12-24-44)23-22-41(28-33-17-10-18-34(39)25-33)29-35-19-11-20-36(40-35)30-42(26-31-13-6-4-7-14-31)27-32-15-8-5-9-16-32/h4-11,13-20,25,44H,12,21-24,26-30H2,1-3H3. The molecule has 7 nitrogen and oxygen atoms in total. The highest BCUT2D eigenvalue weighted by atomic mass is 19.1. The maximum Gasteiger partial charge on any atom is 0.410 e. The molecule has 0 saturated carbocycles. The number of ether oxygens (including phenoxy) is 1. The zero-order valence-electron chi connectivity index (χ0n) is 27.3. The lowest BCUT2D eigenvalue weighted by Crippen LogP contribution is -2.42. The lowest BCUT2D eigenvalue weighted by Gasteiger charge is -2.30. The maximum absolute atomic E-state index is 14.1. The average molecular weight is 627 g/mol. The predicted octanol–water partition coefficient (Wildman–Crippen LogP) is 7.04. The van der Waals surface area contributed by atoms with Crippen LogP contribution in [0.2, 0.25) is 0 Å². The third-order valence-electron chi connectivity index (χ3n) is 7.35. The predicted molar refractivity (Wildman–Crippen MR) is 180 cm³/mol. The van der Waals surface area contributed by atoms with Crippen LogP contribution in [0, 0.1) is 5.82 Å². The zero-order valence-corrected chi connectivity index (χ0v) is 27.3. The van der Waals surface area contributed by atoms with Gasteiger partial charge >= 0.3 is 6.09 Å². The molecule has 0 fully saturated rings. The molecule has 4 aromatic rings. The number of nitrogens with zero attached hydrogens (tertiary/aromatic N) is 4. The van der Waals surface area contributed by atoms with Crippen molar-refractivity contribution in [2.45, 2.75) is 65.5 Å². The van der Waals surface area contributed by atoms with Crippen molar-refractivity contribution in [3.63, 3.8) is 0 Å². The molecule has 0 radical (unpaired) electrons. The van der Waals surface area contributed by atoms with Gasteiger partial charge in [-0.15, -0.1) is 0 Å². The SMILES string of the molecule is CC(C)(C)OC(=O)N(CCCO)CCN(Cc1cccc(F)c1)Cc1cccc(CN(Cc2ccccc2)Cc2ccccc2)n1. The highest BCUT2D eigenvalue weighted by Gasteiger charge is 2.23. The molecule has 1 N–H and O–H groups in total. The van der Waals surface area contributed by atoms with Crippen LogP contribution in [0.5, 0.6) is 0 Å². The Balaban J connectivity index is 1.51. The van der Waals surface area contributed by atoms with Gasteiger partial charge in [0.05, 0.1) is 11.4 Å². The van der Waals surface area contributed by atoms with E-state index in [-0.39, 0.29) is 12.4 Å². The smallest absolute Gasteiger partial charge is 0.410 e. The molecule has 0 atom stereocenters. The number of aromatic nitrogens is 1. The normalized spacial score (nSPS) is 11.6. The number of carbonyl (C=O) groups is 1. The molecular weight excluding hydrogens is 579 g/mol. The van der Waals surface area contributed by atoms with E-state index in [0.717, 1.165) is 30.0 Å². The fraction of sp³-hybridized carbons (Fsp3) is 0.368. The number of pyridine rings is 1.